The van der Waals surface area contributed by atoms with E-state index < -0.39 is 41.6 Å². The summed E-state index contributed by atoms with van der Waals surface area (Å²) in [4.78, 5) is 45.2. The summed E-state index contributed by atoms with van der Waals surface area (Å²) in [5, 5.41) is 10.4. The third-order valence-electron chi connectivity index (χ3n) is 8.32. The van der Waals surface area contributed by atoms with E-state index in [1.807, 2.05) is 19.9 Å². The molecule has 39 heavy (non-hydrogen) atoms. The van der Waals surface area contributed by atoms with Gasteiger partial charge in [-0.05, 0) is 44.4 Å². The molecule has 3 rings (SSSR count). The molecule has 9 heteroatoms. The van der Waals surface area contributed by atoms with E-state index in [9.17, 15) is 19.5 Å². The number of aliphatic hydroxyl groups excluding tert-OH is 1. The number of allylic oxidation sites excluding steroid dienone is 1. The van der Waals surface area contributed by atoms with Crippen molar-refractivity contribution < 1.29 is 29.0 Å². The zero-order valence-electron chi connectivity index (χ0n) is 23.9. The number of amides is 2. The van der Waals surface area contributed by atoms with E-state index in [0.29, 0.717) is 32.4 Å². The van der Waals surface area contributed by atoms with E-state index in [0.717, 1.165) is 32.1 Å². The maximum absolute atomic E-state index is 14.4. The van der Waals surface area contributed by atoms with E-state index in [-0.39, 0.29) is 35.8 Å². The first-order chi connectivity index (χ1) is 18.7. The fourth-order valence-electron chi connectivity index (χ4n) is 6.66. The molecule has 220 valence electrons. The molecule has 3 aliphatic rings. The normalized spacial score (nSPS) is 29.9. The van der Waals surface area contributed by atoms with E-state index in [2.05, 4.69) is 36.0 Å². The Balaban J connectivity index is 1.99. The molecular formula is C30H47BrN2O6. The van der Waals surface area contributed by atoms with Gasteiger partial charge in [-0.3, -0.25) is 14.4 Å². The quantitative estimate of drug-likeness (QED) is 0.114. The molecule has 2 bridgehead atoms. The monoisotopic (exact) mass is 610 g/mol. The van der Waals surface area contributed by atoms with Gasteiger partial charge < -0.3 is 24.4 Å². The molecular weight excluding hydrogens is 564 g/mol. The van der Waals surface area contributed by atoms with Gasteiger partial charge in [0.2, 0.25) is 11.8 Å². The molecule has 8 nitrogen and oxygen atoms in total. The van der Waals surface area contributed by atoms with Gasteiger partial charge in [0.1, 0.15) is 11.6 Å². The number of alkyl halides is 1. The fraction of sp³-hybridized carbons (Fsp3) is 0.767. The minimum absolute atomic E-state index is 0.190. The number of carbonyl (C=O) groups excluding carboxylic acids is 3. The van der Waals surface area contributed by atoms with Crippen molar-refractivity contribution in [2.75, 3.05) is 26.3 Å². The smallest absolute Gasteiger partial charge is 0.312 e. The summed E-state index contributed by atoms with van der Waals surface area (Å²) in [6.07, 6.45) is 9.20. The summed E-state index contributed by atoms with van der Waals surface area (Å²) in [6.45, 7) is 14.6. The van der Waals surface area contributed by atoms with Gasteiger partial charge in [-0.1, -0.05) is 61.7 Å². The Bertz CT molecular complexity index is 897. The lowest BCUT2D eigenvalue weighted by Crippen LogP contribution is -2.59. The van der Waals surface area contributed by atoms with Crippen LogP contribution in [-0.2, 0) is 23.9 Å². The van der Waals surface area contributed by atoms with Crippen molar-refractivity contribution in [2.24, 2.45) is 17.8 Å². The van der Waals surface area contributed by atoms with E-state index in [1.165, 1.54) is 0 Å². The predicted octanol–water partition coefficient (Wildman–Crippen LogP) is 4.25. The van der Waals surface area contributed by atoms with Crippen molar-refractivity contribution in [1.29, 1.82) is 0 Å². The molecule has 0 aliphatic carbocycles. The highest BCUT2D eigenvalue weighted by molar-refractivity contribution is 9.09. The van der Waals surface area contributed by atoms with Crippen molar-refractivity contribution in [3.8, 4) is 0 Å². The fourth-order valence-corrected chi connectivity index (χ4v) is 7.60. The number of halogens is 1. The minimum atomic E-state index is -1.16. The van der Waals surface area contributed by atoms with Crippen LogP contribution in [0.5, 0.6) is 0 Å². The van der Waals surface area contributed by atoms with E-state index >= 15 is 0 Å². The summed E-state index contributed by atoms with van der Waals surface area (Å²) in [5.74, 6) is -2.39. The van der Waals surface area contributed by atoms with Crippen LogP contribution in [0.25, 0.3) is 0 Å². The maximum atomic E-state index is 14.4. The number of ether oxygens (including phenoxy) is 2. The molecule has 1 spiro atoms. The van der Waals surface area contributed by atoms with Crippen molar-refractivity contribution in [2.45, 2.75) is 101 Å². The lowest BCUT2D eigenvalue weighted by atomic mass is 9.70. The highest BCUT2D eigenvalue weighted by Crippen LogP contribution is 2.60. The second kappa shape index (κ2) is 14.3. The number of esters is 1. The zero-order valence-corrected chi connectivity index (χ0v) is 25.4. The molecule has 3 heterocycles. The first kappa shape index (κ1) is 31.8. The Kier molecular flexibility index (Phi) is 11.6. The first-order valence-corrected chi connectivity index (χ1v) is 15.5. The van der Waals surface area contributed by atoms with Gasteiger partial charge in [0.05, 0.1) is 37.2 Å². The van der Waals surface area contributed by atoms with Crippen molar-refractivity contribution >= 4 is 33.7 Å². The Morgan fingerprint density at radius 3 is 2.62 bits per heavy atom. The number of unbranched alkanes of at least 4 members (excludes halogenated alkanes) is 4. The third kappa shape index (κ3) is 6.46. The predicted molar refractivity (Wildman–Crippen MR) is 154 cm³/mol. The van der Waals surface area contributed by atoms with Gasteiger partial charge in [-0.15, -0.1) is 13.2 Å². The van der Waals surface area contributed by atoms with Crippen LogP contribution in [-0.4, -0.2) is 87.6 Å². The molecule has 3 fully saturated rings. The number of nitrogens with zero attached hydrogens (tertiary/aromatic N) is 2. The number of fused-ring (bicyclic) bond motifs is 1. The molecule has 0 radical (unpaired) electrons. The lowest BCUT2D eigenvalue weighted by Gasteiger charge is -2.39. The molecule has 3 saturated heterocycles. The number of hydrogen-bond donors (Lipinski definition) is 1. The van der Waals surface area contributed by atoms with Gasteiger partial charge in [-0.2, -0.15) is 0 Å². The lowest BCUT2D eigenvalue weighted by molar-refractivity contribution is -0.156. The Morgan fingerprint density at radius 2 is 2.00 bits per heavy atom. The van der Waals surface area contributed by atoms with Crippen molar-refractivity contribution in [1.82, 2.24) is 9.80 Å². The summed E-state index contributed by atoms with van der Waals surface area (Å²) in [5.41, 5.74) is -1.16. The van der Waals surface area contributed by atoms with Crippen LogP contribution in [0.1, 0.15) is 72.1 Å². The van der Waals surface area contributed by atoms with Crippen LogP contribution in [0.15, 0.2) is 25.3 Å². The Labute approximate surface area is 242 Å². The van der Waals surface area contributed by atoms with Crippen molar-refractivity contribution in [3.63, 3.8) is 0 Å². The molecule has 0 saturated carbocycles. The van der Waals surface area contributed by atoms with Gasteiger partial charge >= 0.3 is 5.97 Å². The van der Waals surface area contributed by atoms with Crippen molar-refractivity contribution in [3.05, 3.63) is 25.3 Å². The highest BCUT2D eigenvalue weighted by Gasteiger charge is 2.77. The SMILES string of the molecule is C=CCCCCOC(=O)[C@H]1[C@H]2C(=O)N([C@@H](CO)CC(C)C)C(C(=O)N(CC=C)CCCCC)C23CC(Br)[C@@H]1O3. The average molecular weight is 612 g/mol. The minimum Gasteiger partial charge on any atom is -0.465 e. The zero-order chi connectivity index (χ0) is 28.7. The summed E-state index contributed by atoms with van der Waals surface area (Å²) in [7, 11) is 0. The standard InChI is InChI=1S/C30H47BrN2O6/c1-6-9-11-13-16-38-29(37)23-24-27(35)33(21(19-34)17-20(4)5)26(30(24)18-22(31)25(23)39-30)28(36)32(14-8-3)15-12-10-7-2/h6,8,20-26,34H,1,3,7,9-19H2,2,4-5H3/t21-,22?,23+,24+,25+,26?,30?/m1/s1. The molecule has 1 N–H and O–H groups in total. The molecule has 0 aromatic rings. The topological polar surface area (TPSA) is 96.4 Å². The van der Waals surface area contributed by atoms with Crippen LogP contribution < -0.4 is 0 Å². The summed E-state index contributed by atoms with van der Waals surface area (Å²) in [6, 6.07) is -1.48. The van der Waals surface area contributed by atoms with Crippen LogP contribution >= 0.6 is 15.9 Å². The van der Waals surface area contributed by atoms with Gasteiger partial charge in [0, 0.05) is 17.9 Å². The highest BCUT2D eigenvalue weighted by atomic mass is 79.9. The molecule has 3 aliphatic heterocycles. The number of aliphatic hydroxyl groups is 1. The van der Waals surface area contributed by atoms with Gasteiger partial charge in [0.25, 0.3) is 0 Å². The number of likely N-dealkylation sites (tertiary alicyclic amines) is 1. The van der Waals surface area contributed by atoms with E-state index in [4.69, 9.17) is 9.47 Å². The largest absolute Gasteiger partial charge is 0.465 e. The van der Waals surface area contributed by atoms with Crippen LogP contribution in [0, 0.1) is 17.8 Å². The number of hydrogen-bond acceptors (Lipinski definition) is 6. The van der Waals surface area contributed by atoms with Gasteiger partial charge in [-0.25, -0.2) is 0 Å². The number of carbonyl (C=O) groups is 3. The second-order valence-electron chi connectivity index (χ2n) is 11.6. The van der Waals surface area contributed by atoms with Crippen LogP contribution in [0.4, 0.5) is 0 Å². The van der Waals surface area contributed by atoms with Gasteiger partial charge in [0.15, 0.2) is 0 Å². The average Bonchev–Trinajstić information content (AvgIpc) is 3.49. The summed E-state index contributed by atoms with van der Waals surface area (Å²) < 4.78 is 12.2. The number of rotatable bonds is 17. The maximum Gasteiger partial charge on any atom is 0.312 e. The molecule has 0 aromatic carbocycles. The second-order valence-corrected chi connectivity index (χ2v) is 12.8. The summed E-state index contributed by atoms with van der Waals surface area (Å²) >= 11 is 3.70. The molecule has 2 amide bonds. The first-order valence-electron chi connectivity index (χ1n) is 14.6. The molecule has 3 unspecified atom stereocenters. The molecule has 7 atom stereocenters. The Morgan fingerprint density at radius 1 is 1.26 bits per heavy atom. The van der Waals surface area contributed by atoms with E-state index in [1.54, 1.807) is 15.9 Å². The third-order valence-corrected chi connectivity index (χ3v) is 9.17. The van der Waals surface area contributed by atoms with Crippen LogP contribution in [0.2, 0.25) is 0 Å². The van der Waals surface area contributed by atoms with Crippen LogP contribution in [0.3, 0.4) is 0 Å². The Hall–Kier alpha value is -1.71. The molecule has 0 aromatic heterocycles.